The number of Topliss-reactive ketones (excluding diaryl/α,β-unsaturated/α-hetero) is 1. The minimum atomic E-state index is -1.00. The molecule has 4 rings (SSSR count). The molecule has 0 spiro atoms. The second-order valence-corrected chi connectivity index (χ2v) is 8.03. The molecule has 2 aromatic carbocycles. The molecule has 172 valence electrons. The lowest BCUT2D eigenvalue weighted by Crippen LogP contribution is -2.39. The Morgan fingerprint density at radius 2 is 1.91 bits per heavy atom. The van der Waals surface area contributed by atoms with Crippen molar-refractivity contribution < 1.29 is 29.1 Å². The number of hydrogen-bond donors (Lipinski definition) is 3. The Hall–Kier alpha value is -4.08. The summed E-state index contributed by atoms with van der Waals surface area (Å²) in [6.45, 7) is 1.80. The maximum Gasteiger partial charge on any atom is 0.316 e. The summed E-state index contributed by atoms with van der Waals surface area (Å²) in [6, 6.07) is 9.10. The van der Waals surface area contributed by atoms with Crippen LogP contribution in [-0.4, -0.2) is 36.0 Å². The summed E-state index contributed by atoms with van der Waals surface area (Å²) in [5.41, 5.74) is 2.06. The number of esters is 1. The highest BCUT2D eigenvalue weighted by atomic mass is 16.6. The maximum absolute atomic E-state index is 13.6. The Balaban J connectivity index is 1.94. The number of nitrogens with zero attached hydrogens (tertiary/aromatic N) is 1. The Labute approximate surface area is 189 Å². The third-order valence-corrected chi connectivity index (χ3v) is 6.05. The van der Waals surface area contributed by atoms with Crippen LogP contribution < -0.4 is 15.4 Å². The SMILES string of the molecule is COC(=O)[C@@H]1C(=O)C2=C(C[C@H]1C)Nc1ccccc1N[C@@H]2c1cc(OC)c(O)c([N+](=O)[O-])c1. The van der Waals surface area contributed by atoms with Crippen LogP contribution in [0.1, 0.15) is 24.9 Å². The molecule has 1 heterocycles. The number of nitrogens with one attached hydrogen (secondary N) is 2. The van der Waals surface area contributed by atoms with E-state index in [-0.39, 0.29) is 17.2 Å². The van der Waals surface area contributed by atoms with Crippen molar-refractivity contribution in [2.24, 2.45) is 11.8 Å². The fraction of sp³-hybridized carbons (Fsp3) is 0.304. The molecule has 3 atom stereocenters. The highest BCUT2D eigenvalue weighted by molar-refractivity contribution is 6.11. The van der Waals surface area contributed by atoms with Crippen molar-refractivity contribution >= 4 is 28.8 Å². The number of methoxy groups -OCH3 is 2. The first-order valence-electron chi connectivity index (χ1n) is 10.3. The van der Waals surface area contributed by atoms with Gasteiger partial charge in [0.25, 0.3) is 0 Å². The summed E-state index contributed by atoms with van der Waals surface area (Å²) in [4.78, 5) is 37.0. The number of rotatable bonds is 4. The normalized spacial score (nSPS) is 21.7. The Kier molecular flexibility index (Phi) is 5.67. The summed E-state index contributed by atoms with van der Waals surface area (Å²) in [6.07, 6.45) is 0.394. The van der Waals surface area contributed by atoms with Gasteiger partial charge in [-0.3, -0.25) is 19.7 Å². The summed E-state index contributed by atoms with van der Waals surface area (Å²) >= 11 is 0. The lowest BCUT2D eigenvalue weighted by atomic mass is 9.74. The van der Waals surface area contributed by atoms with Gasteiger partial charge in [-0.1, -0.05) is 19.1 Å². The monoisotopic (exact) mass is 453 g/mol. The Morgan fingerprint density at radius 3 is 2.55 bits per heavy atom. The predicted octanol–water partition coefficient (Wildman–Crippen LogP) is 3.54. The fourth-order valence-corrected chi connectivity index (χ4v) is 4.46. The average Bonchev–Trinajstić information content (AvgIpc) is 2.95. The molecule has 2 aliphatic rings. The van der Waals surface area contributed by atoms with E-state index in [9.17, 15) is 24.8 Å². The number of carbonyl (C=O) groups excluding carboxylic acids is 2. The van der Waals surface area contributed by atoms with Crippen LogP contribution in [0.2, 0.25) is 0 Å². The van der Waals surface area contributed by atoms with E-state index in [2.05, 4.69) is 10.6 Å². The van der Waals surface area contributed by atoms with Gasteiger partial charge in [0.05, 0.1) is 36.6 Å². The number of para-hydroxylation sites is 2. The van der Waals surface area contributed by atoms with E-state index in [4.69, 9.17) is 9.47 Å². The van der Waals surface area contributed by atoms with Crippen LogP contribution in [0.25, 0.3) is 0 Å². The van der Waals surface area contributed by atoms with Gasteiger partial charge in [0.2, 0.25) is 5.75 Å². The molecular weight excluding hydrogens is 430 g/mol. The van der Waals surface area contributed by atoms with Crippen molar-refractivity contribution in [1.82, 2.24) is 0 Å². The highest BCUT2D eigenvalue weighted by Gasteiger charge is 2.44. The number of nitro groups is 1. The summed E-state index contributed by atoms with van der Waals surface area (Å²) < 4.78 is 10.0. The highest BCUT2D eigenvalue weighted by Crippen LogP contribution is 2.46. The molecule has 33 heavy (non-hydrogen) atoms. The van der Waals surface area contributed by atoms with Gasteiger partial charge in [-0.05, 0) is 36.1 Å². The third-order valence-electron chi connectivity index (χ3n) is 6.05. The van der Waals surface area contributed by atoms with Gasteiger partial charge >= 0.3 is 11.7 Å². The molecule has 10 heteroatoms. The van der Waals surface area contributed by atoms with Crippen molar-refractivity contribution in [2.75, 3.05) is 24.9 Å². The molecule has 3 N–H and O–H groups in total. The van der Waals surface area contributed by atoms with E-state index in [1.165, 1.54) is 26.4 Å². The van der Waals surface area contributed by atoms with E-state index in [1.54, 1.807) is 6.92 Å². The number of benzene rings is 2. The van der Waals surface area contributed by atoms with E-state index in [1.807, 2.05) is 24.3 Å². The van der Waals surface area contributed by atoms with Gasteiger partial charge in [0.1, 0.15) is 5.92 Å². The topological polar surface area (TPSA) is 140 Å². The lowest BCUT2D eigenvalue weighted by molar-refractivity contribution is -0.386. The summed E-state index contributed by atoms with van der Waals surface area (Å²) in [5, 5.41) is 28.4. The largest absolute Gasteiger partial charge is 0.500 e. The van der Waals surface area contributed by atoms with Crippen molar-refractivity contribution in [3.63, 3.8) is 0 Å². The van der Waals surface area contributed by atoms with E-state index >= 15 is 0 Å². The van der Waals surface area contributed by atoms with E-state index < -0.39 is 40.1 Å². The molecule has 0 bridgehead atoms. The molecular formula is C23H23N3O7. The number of hydrogen-bond acceptors (Lipinski definition) is 9. The van der Waals surface area contributed by atoms with Crippen LogP contribution >= 0.6 is 0 Å². The minimum absolute atomic E-state index is 0.102. The number of carbonyl (C=O) groups is 2. The van der Waals surface area contributed by atoms with Crippen LogP contribution in [0.5, 0.6) is 11.5 Å². The van der Waals surface area contributed by atoms with Crippen molar-refractivity contribution in [2.45, 2.75) is 19.4 Å². The number of fused-ring (bicyclic) bond motifs is 1. The summed E-state index contributed by atoms with van der Waals surface area (Å²) in [5.74, 6) is -3.09. The summed E-state index contributed by atoms with van der Waals surface area (Å²) in [7, 11) is 2.52. The van der Waals surface area contributed by atoms with Crippen LogP contribution in [0.15, 0.2) is 47.7 Å². The second-order valence-electron chi connectivity index (χ2n) is 8.03. The van der Waals surface area contributed by atoms with Crippen LogP contribution in [-0.2, 0) is 14.3 Å². The van der Waals surface area contributed by atoms with Gasteiger partial charge in [-0.15, -0.1) is 0 Å². The van der Waals surface area contributed by atoms with E-state index in [0.717, 1.165) is 5.69 Å². The molecule has 0 saturated carbocycles. The molecule has 1 aliphatic carbocycles. The molecule has 10 nitrogen and oxygen atoms in total. The molecule has 0 unspecified atom stereocenters. The molecule has 0 saturated heterocycles. The number of aromatic hydroxyl groups is 1. The van der Waals surface area contributed by atoms with Crippen LogP contribution in [0.3, 0.4) is 0 Å². The van der Waals surface area contributed by atoms with Crippen molar-refractivity contribution in [1.29, 1.82) is 0 Å². The number of ketones is 1. The molecule has 0 fully saturated rings. The van der Waals surface area contributed by atoms with Gasteiger partial charge in [0.15, 0.2) is 11.5 Å². The van der Waals surface area contributed by atoms with Crippen molar-refractivity contribution in [3.05, 3.63) is 63.3 Å². The average molecular weight is 453 g/mol. The molecule has 1 aliphatic heterocycles. The predicted molar refractivity (Wildman–Crippen MR) is 119 cm³/mol. The zero-order chi connectivity index (χ0) is 23.9. The van der Waals surface area contributed by atoms with Crippen LogP contribution in [0, 0.1) is 22.0 Å². The molecule has 0 amide bonds. The quantitative estimate of drug-likeness (QED) is 0.274. The smallest absolute Gasteiger partial charge is 0.316 e. The standard InChI is InChI=1S/C23H23N3O7/c1-11-8-15-19(22(28)18(11)23(29)33-3)20(25-14-7-5-4-6-13(14)24-15)12-9-16(26(30)31)21(27)17(10-12)32-2/h4-7,9-11,18,20,24-25,27H,8H2,1-3H3/t11-,18+,20-/m1/s1. The first kappa shape index (κ1) is 22.1. The minimum Gasteiger partial charge on any atom is -0.500 e. The van der Waals surface area contributed by atoms with Gasteiger partial charge in [-0.2, -0.15) is 0 Å². The van der Waals surface area contributed by atoms with Gasteiger partial charge < -0.3 is 25.2 Å². The molecule has 2 aromatic rings. The first-order valence-corrected chi connectivity index (χ1v) is 10.3. The third kappa shape index (κ3) is 3.73. The zero-order valence-electron chi connectivity index (χ0n) is 18.2. The van der Waals surface area contributed by atoms with E-state index in [0.29, 0.717) is 23.4 Å². The van der Waals surface area contributed by atoms with Crippen molar-refractivity contribution in [3.8, 4) is 11.5 Å². The number of phenolic OH excluding ortho intramolecular Hbond substituents is 1. The number of nitro benzene ring substituents is 1. The number of anilines is 2. The van der Waals surface area contributed by atoms with Gasteiger partial charge in [0, 0.05) is 17.3 Å². The number of ether oxygens (including phenoxy) is 2. The second kappa shape index (κ2) is 8.45. The molecule has 0 aromatic heterocycles. The first-order chi connectivity index (χ1) is 15.8. The number of allylic oxidation sites excluding steroid dienone is 1. The maximum atomic E-state index is 13.6. The Bertz CT molecular complexity index is 1190. The van der Waals surface area contributed by atoms with Crippen LogP contribution in [0.4, 0.5) is 17.1 Å². The Morgan fingerprint density at radius 1 is 1.21 bits per heavy atom. The van der Waals surface area contributed by atoms with Gasteiger partial charge in [-0.25, -0.2) is 0 Å². The fourth-order valence-electron chi connectivity index (χ4n) is 4.46. The molecule has 0 radical (unpaired) electrons. The number of phenols is 1. The zero-order valence-corrected chi connectivity index (χ0v) is 18.2. The lowest BCUT2D eigenvalue weighted by Gasteiger charge is -2.32.